The summed E-state index contributed by atoms with van der Waals surface area (Å²) in [4.78, 5) is 0. The summed E-state index contributed by atoms with van der Waals surface area (Å²) in [5.41, 5.74) is 2.21. The third-order valence-electron chi connectivity index (χ3n) is 3.01. The van der Waals surface area contributed by atoms with Crippen molar-refractivity contribution in [3.8, 4) is 0 Å². The highest BCUT2D eigenvalue weighted by Gasteiger charge is 2.10. The average molecular weight is 227 g/mol. The van der Waals surface area contributed by atoms with Gasteiger partial charge >= 0.3 is 0 Å². The predicted octanol–water partition coefficient (Wildman–Crippen LogP) is 3.75. The lowest BCUT2D eigenvalue weighted by Gasteiger charge is -2.26. The van der Waals surface area contributed by atoms with Gasteiger partial charge in [0, 0.05) is 0 Å². The summed E-state index contributed by atoms with van der Waals surface area (Å²) in [5.74, 6) is 0. The zero-order valence-electron chi connectivity index (χ0n) is 11.0. The van der Waals surface area contributed by atoms with E-state index in [4.69, 9.17) is 0 Å². The highest BCUT2D eigenvalue weighted by atomic mass is 28.3. The zero-order valence-corrected chi connectivity index (χ0v) is 12.1. The Balaban J connectivity index is 3.78. The first-order chi connectivity index (χ1) is 7.26. The second-order valence-electron chi connectivity index (χ2n) is 4.43. The van der Waals surface area contributed by atoms with Gasteiger partial charge in [0.05, 0.1) is 0 Å². The van der Waals surface area contributed by atoms with E-state index in [2.05, 4.69) is 37.2 Å². The molecule has 0 bridgehead atoms. The molecule has 0 N–H and O–H groups in total. The van der Waals surface area contributed by atoms with Gasteiger partial charge in [-0.1, -0.05) is 51.8 Å². The van der Waals surface area contributed by atoms with E-state index in [1.54, 1.807) is 0 Å². The van der Waals surface area contributed by atoms with Gasteiger partial charge in [0.15, 0.2) is 0 Å². The van der Waals surface area contributed by atoms with Gasteiger partial charge in [-0.2, -0.15) is 0 Å². The maximum atomic E-state index is 3.96. The Bertz CT molecular complexity index is 137. The van der Waals surface area contributed by atoms with Gasteiger partial charge in [-0.25, -0.2) is 0 Å². The molecule has 0 aliphatic heterocycles. The fraction of sp³-hybridized carbons (Fsp3) is 0.846. The van der Waals surface area contributed by atoms with Crippen molar-refractivity contribution in [1.29, 1.82) is 0 Å². The Morgan fingerprint density at radius 2 is 1.47 bits per heavy atom. The SMILES string of the molecule is C=C[SiH](C)N(CCCCC)CCCCC. The van der Waals surface area contributed by atoms with Crippen LogP contribution in [0.2, 0.25) is 6.55 Å². The zero-order chi connectivity index (χ0) is 11.5. The molecule has 0 rings (SSSR count). The van der Waals surface area contributed by atoms with E-state index in [0.717, 1.165) is 0 Å². The molecule has 1 unspecified atom stereocenters. The summed E-state index contributed by atoms with van der Waals surface area (Å²) in [7, 11) is -0.784. The fourth-order valence-electron chi connectivity index (χ4n) is 1.80. The first-order valence-corrected chi connectivity index (χ1v) is 8.96. The van der Waals surface area contributed by atoms with E-state index in [1.165, 1.54) is 51.6 Å². The lowest BCUT2D eigenvalue weighted by Crippen LogP contribution is -2.37. The molecule has 90 valence electrons. The Kier molecular flexibility index (Phi) is 10.4. The van der Waals surface area contributed by atoms with E-state index in [9.17, 15) is 0 Å². The molecule has 1 nitrogen and oxygen atoms in total. The lowest BCUT2D eigenvalue weighted by atomic mass is 10.2. The van der Waals surface area contributed by atoms with Crippen molar-refractivity contribution in [2.75, 3.05) is 13.1 Å². The summed E-state index contributed by atoms with van der Waals surface area (Å²) < 4.78 is 2.71. The first-order valence-electron chi connectivity index (χ1n) is 6.62. The minimum absolute atomic E-state index is 0.784. The van der Waals surface area contributed by atoms with E-state index in [1.807, 2.05) is 0 Å². The molecule has 1 atom stereocenters. The van der Waals surface area contributed by atoms with Crippen LogP contribution in [0.15, 0.2) is 12.3 Å². The summed E-state index contributed by atoms with van der Waals surface area (Å²) in [6.45, 7) is 13.5. The van der Waals surface area contributed by atoms with Gasteiger partial charge in [-0.15, -0.1) is 6.58 Å². The van der Waals surface area contributed by atoms with Gasteiger partial charge in [0.1, 0.15) is 8.96 Å². The van der Waals surface area contributed by atoms with Crippen LogP contribution in [-0.4, -0.2) is 26.6 Å². The van der Waals surface area contributed by atoms with Gasteiger partial charge in [-0.05, 0) is 25.9 Å². The van der Waals surface area contributed by atoms with Crippen molar-refractivity contribution >= 4 is 8.96 Å². The molecule has 0 amide bonds. The number of nitrogens with zero attached hydrogens (tertiary/aromatic N) is 1. The molecule has 0 aromatic carbocycles. The van der Waals surface area contributed by atoms with Crippen LogP contribution in [0.1, 0.15) is 52.4 Å². The fourth-order valence-corrected chi connectivity index (χ4v) is 3.28. The Labute approximate surface area is 98.2 Å². The molecule has 0 aliphatic rings. The molecule has 15 heavy (non-hydrogen) atoms. The van der Waals surface area contributed by atoms with Gasteiger partial charge in [-0.3, -0.25) is 0 Å². The third-order valence-corrected chi connectivity index (χ3v) is 5.37. The van der Waals surface area contributed by atoms with Gasteiger partial charge in [0.25, 0.3) is 0 Å². The van der Waals surface area contributed by atoms with Gasteiger partial charge in [0.2, 0.25) is 0 Å². The average Bonchev–Trinajstić information content (AvgIpc) is 2.26. The van der Waals surface area contributed by atoms with Crippen molar-refractivity contribution in [1.82, 2.24) is 4.57 Å². The second kappa shape index (κ2) is 10.4. The Morgan fingerprint density at radius 1 is 1.00 bits per heavy atom. The lowest BCUT2D eigenvalue weighted by molar-refractivity contribution is 0.406. The van der Waals surface area contributed by atoms with Gasteiger partial charge < -0.3 is 4.57 Å². The Hall–Kier alpha value is -0.0831. The quantitative estimate of drug-likeness (QED) is 0.406. The first kappa shape index (κ1) is 14.9. The van der Waals surface area contributed by atoms with Crippen LogP contribution in [0.25, 0.3) is 0 Å². The van der Waals surface area contributed by atoms with Crippen LogP contribution in [0.4, 0.5) is 0 Å². The number of hydrogen-bond donors (Lipinski definition) is 0. The van der Waals surface area contributed by atoms with E-state index >= 15 is 0 Å². The second-order valence-corrected chi connectivity index (χ2v) is 7.11. The van der Waals surface area contributed by atoms with Crippen molar-refractivity contribution in [3.05, 3.63) is 12.3 Å². The van der Waals surface area contributed by atoms with Crippen molar-refractivity contribution in [2.24, 2.45) is 0 Å². The Morgan fingerprint density at radius 3 is 1.80 bits per heavy atom. The van der Waals surface area contributed by atoms with E-state index in [0.29, 0.717) is 0 Å². The molecule has 0 heterocycles. The molecule has 0 saturated heterocycles. The standard InChI is InChI=1S/C13H29NSi/c1-5-8-10-12-14(15(4)7-3)13-11-9-6-2/h7,15H,3,5-6,8-13H2,1-2,4H3. The smallest absolute Gasteiger partial charge is 0.132 e. The summed E-state index contributed by atoms with van der Waals surface area (Å²) >= 11 is 0. The maximum Gasteiger partial charge on any atom is 0.132 e. The molecule has 0 spiro atoms. The van der Waals surface area contributed by atoms with Crippen LogP contribution in [0, 0.1) is 0 Å². The normalized spacial score (nSPS) is 13.1. The number of unbranched alkanes of at least 4 members (excludes halogenated alkanes) is 4. The molecular formula is C13H29NSi. The van der Waals surface area contributed by atoms with Crippen LogP contribution in [0.5, 0.6) is 0 Å². The highest BCUT2D eigenvalue weighted by molar-refractivity contribution is 6.59. The molecule has 0 radical (unpaired) electrons. The monoisotopic (exact) mass is 227 g/mol. The molecule has 0 aliphatic carbocycles. The summed E-state index contributed by atoms with van der Waals surface area (Å²) in [6, 6.07) is 0. The largest absolute Gasteiger partial charge is 0.323 e. The van der Waals surface area contributed by atoms with Crippen LogP contribution in [-0.2, 0) is 0 Å². The minimum Gasteiger partial charge on any atom is -0.323 e. The maximum absolute atomic E-state index is 3.96. The van der Waals surface area contributed by atoms with Crippen LogP contribution >= 0.6 is 0 Å². The minimum atomic E-state index is -0.784. The number of rotatable bonds is 10. The van der Waals surface area contributed by atoms with Crippen LogP contribution in [0.3, 0.4) is 0 Å². The molecular weight excluding hydrogens is 198 g/mol. The third kappa shape index (κ3) is 7.80. The van der Waals surface area contributed by atoms with E-state index in [-0.39, 0.29) is 0 Å². The molecule has 0 fully saturated rings. The number of hydrogen-bond acceptors (Lipinski definition) is 1. The van der Waals surface area contributed by atoms with Crippen molar-refractivity contribution < 1.29 is 0 Å². The molecule has 0 aromatic rings. The van der Waals surface area contributed by atoms with Crippen molar-refractivity contribution in [2.45, 2.75) is 58.9 Å². The molecule has 0 aromatic heterocycles. The topological polar surface area (TPSA) is 3.24 Å². The summed E-state index contributed by atoms with van der Waals surface area (Å²) in [5, 5.41) is 0. The van der Waals surface area contributed by atoms with Crippen LogP contribution < -0.4 is 0 Å². The highest BCUT2D eigenvalue weighted by Crippen LogP contribution is 2.05. The predicted molar refractivity (Wildman–Crippen MR) is 73.8 cm³/mol. The summed E-state index contributed by atoms with van der Waals surface area (Å²) in [6.07, 6.45) is 8.15. The molecule has 0 saturated carbocycles. The molecule has 2 heteroatoms. The van der Waals surface area contributed by atoms with Crippen molar-refractivity contribution in [3.63, 3.8) is 0 Å². The van der Waals surface area contributed by atoms with E-state index < -0.39 is 8.96 Å².